The van der Waals surface area contributed by atoms with Crippen molar-refractivity contribution in [2.24, 2.45) is 0 Å². The molecule has 0 atom stereocenters. The first-order valence-electron chi connectivity index (χ1n) is 5.42. The van der Waals surface area contributed by atoms with Gasteiger partial charge in [-0.05, 0) is 13.0 Å². The van der Waals surface area contributed by atoms with Crippen molar-refractivity contribution in [1.82, 2.24) is 4.98 Å². The Balaban J connectivity index is 3.39. The van der Waals surface area contributed by atoms with E-state index < -0.39 is 46.4 Å². The summed E-state index contributed by atoms with van der Waals surface area (Å²) in [6.45, 7) is 1.56. The highest BCUT2D eigenvalue weighted by molar-refractivity contribution is 5.74. The number of pyridine rings is 1. The van der Waals surface area contributed by atoms with Gasteiger partial charge in [0, 0.05) is 0 Å². The Morgan fingerprint density at radius 2 is 2.30 bits per heavy atom. The molecule has 0 spiro atoms. The third-order valence-electron chi connectivity index (χ3n) is 2.24. The van der Waals surface area contributed by atoms with Crippen molar-refractivity contribution in [3.63, 3.8) is 0 Å². The third kappa shape index (κ3) is 3.44. The van der Waals surface area contributed by atoms with Gasteiger partial charge in [0.2, 0.25) is 0 Å². The Bertz CT molecular complexity index is 584. The maximum Gasteiger partial charge on any atom is 0.312 e. The van der Waals surface area contributed by atoms with Crippen LogP contribution in [0.5, 0.6) is 0 Å². The van der Waals surface area contributed by atoms with Crippen LogP contribution in [0.1, 0.15) is 30.3 Å². The third-order valence-corrected chi connectivity index (χ3v) is 2.24. The Morgan fingerprint density at radius 3 is 2.75 bits per heavy atom. The largest absolute Gasteiger partial charge is 0.466 e. The number of alkyl halides is 2. The van der Waals surface area contributed by atoms with E-state index in [1.807, 2.05) is 0 Å². The molecule has 0 saturated heterocycles. The number of carbonyl (C=O) groups excluding carboxylic acids is 1. The summed E-state index contributed by atoms with van der Waals surface area (Å²) in [4.78, 5) is 24.7. The molecule has 0 radical (unpaired) electrons. The minimum Gasteiger partial charge on any atom is -0.466 e. The lowest BCUT2D eigenvalue weighted by atomic mass is 10.1. The van der Waals surface area contributed by atoms with Gasteiger partial charge in [0.15, 0.2) is 0 Å². The first-order chi connectivity index (χ1) is 9.40. The van der Waals surface area contributed by atoms with Crippen LogP contribution in [0.25, 0.3) is 0 Å². The maximum absolute atomic E-state index is 12.8. The first-order valence-corrected chi connectivity index (χ1v) is 5.42. The molecule has 0 aliphatic carbocycles. The van der Waals surface area contributed by atoms with Crippen LogP contribution >= 0.6 is 0 Å². The Kier molecular flexibility index (Phi) is 5.02. The lowest BCUT2D eigenvalue weighted by Crippen LogP contribution is -2.13. The number of aromatic nitrogens is 1. The number of ether oxygens (including phenoxy) is 1. The molecular formula is C11H9F2N3O4. The number of esters is 1. The van der Waals surface area contributed by atoms with Gasteiger partial charge in [-0.2, -0.15) is 5.26 Å². The highest BCUT2D eigenvalue weighted by Crippen LogP contribution is 2.32. The summed E-state index contributed by atoms with van der Waals surface area (Å²) in [6.07, 6.45) is -3.81. The van der Waals surface area contributed by atoms with E-state index in [2.05, 4.69) is 9.72 Å². The van der Waals surface area contributed by atoms with Gasteiger partial charge in [0.1, 0.15) is 23.0 Å². The first kappa shape index (κ1) is 15.4. The summed E-state index contributed by atoms with van der Waals surface area (Å²) < 4.78 is 30.2. The molecule has 9 heteroatoms. The number of hydrogen-bond donors (Lipinski definition) is 0. The van der Waals surface area contributed by atoms with Crippen molar-refractivity contribution in [2.75, 3.05) is 6.61 Å². The zero-order valence-corrected chi connectivity index (χ0v) is 10.3. The molecule has 106 valence electrons. The fourth-order valence-electron chi connectivity index (χ4n) is 1.52. The SMILES string of the molecule is CCOC(=O)Cc1nc(C#N)cc(C(F)F)c1[N+](=O)[O-]. The van der Waals surface area contributed by atoms with E-state index in [9.17, 15) is 23.7 Å². The number of nitrogens with zero attached hydrogens (tertiary/aromatic N) is 3. The molecule has 20 heavy (non-hydrogen) atoms. The highest BCUT2D eigenvalue weighted by atomic mass is 19.3. The molecule has 0 saturated carbocycles. The summed E-state index contributed by atoms with van der Waals surface area (Å²) in [5, 5.41) is 19.6. The fraction of sp³-hybridized carbons (Fsp3) is 0.364. The predicted octanol–water partition coefficient (Wildman–Crippen LogP) is 1.90. The smallest absolute Gasteiger partial charge is 0.312 e. The maximum atomic E-state index is 12.8. The number of carbonyl (C=O) groups is 1. The van der Waals surface area contributed by atoms with Crippen LogP contribution in [0.2, 0.25) is 0 Å². The van der Waals surface area contributed by atoms with Gasteiger partial charge >= 0.3 is 5.97 Å². The van der Waals surface area contributed by atoms with Crippen LogP contribution in [0.15, 0.2) is 6.07 Å². The van der Waals surface area contributed by atoms with Gasteiger partial charge in [-0.25, -0.2) is 13.8 Å². The average molecular weight is 285 g/mol. The molecule has 1 heterocycles. The van der Waals surface area contributed by atoms with Crippen molar-refractivity contribution in [2.45, 2.75) is 19.8 Å². The number of nitro groups is 1. The van der Waals surface area contributed by atoms with Crippen molar-refractivity contribution in [1.29, 1.82) is 5.26 Å². The van der Waals surface area contributed by atoms with Crippen molar-refractivity contribution in [3.05, 3.63) is 33.1 Å². The summed E-state index contributed by atoms with van der Waals surface area (Å²) >= 11 is 0. The van der Waals surface area contributed by atoms with Crippen LogP contribution in [-0.4, -0.2) is 22.5 Å². The fourth-order valence-corrected chi connectivity index (χ4v) is 1.52. The number of hydrogen-bond acceptors (Lipinski definition) is 6. The van der Waals surface area contributed by atoms with Gasteiger partial charge in [-0.3, -0.25) is 14.9 Å². The normalized spacial score (nSPS) is 10.2. The molecule has 0 amide bonds. The van der Waals surface area contributed by atoms with E-state index in [0.717, 1.165) is 0 Å². The standard InChI is InChI=1S/C11H9F2N3O4/c1-2-20-9(17)4-8-10(16(18)19)7(11(12)13)3-6(5-14)15-8/h3,11H,2,4H2,1H3. The summed E-state index contributed by atoms with van der Waals surface area (Å²) in [5.41, 5.74) is -2.85. The molecule has 0 aliphatic rings. The van der Waals surface area contributed by atoms with Crippen molar-refractivity contribution < 1.29 is 23.2 Å². The molecular weight excluding hydrogens is 276 g/mol. The van der Waals surface area contributed by atoms with Gasteiger partial charge in [-0.15, -0.1) is 0 Å². The Hall–Kier alpha value is -2.63. The second-order valence-corrected chi connectivity index (χ2v) is 3.54. The average Bonchev–Trinajstić information content (AvgIpc) is 2.37. The molecule has 0 bridgehead atoms. The molecule has 0 aromatic carbocycles. The minimum atomic E-state index is -3.16. The van der Waals surface area contributed by atoms with E-state index in [1.54, 1.807) is 0 Å². The topological polar surface area (TPSA) is 106 Å². The molecule has 0 aliphatic heterocycles. The predicted molar refractivity (Wildman–Crippen MR) is 60.9 cm³/mol. The molecule has 7 nitrogen and oxygen atoms in total. The molecule has 1 aromatic heterocycles. The lowest BCUT2D eigenvalue weighted by molar-refractivity contribution is -0.387. The molecule has 0 unspecified atom stereocenters. The second-order valence-electron chi connectivity index (χ2n) is 3.54. The van der Waals surface area contributed by atoms with Crippen LogP contribution in [0.4, 0.5) is 14.5 Å². The van der Waals surface area contributed by atoms with E-state index in [4.69, 9.17) is 5.26 Å². The number of rotatable bonds is 5. The summed E-state index contributed by atoms with van der Waals surface area (Å²) in [7, 11) is 0. The van der Waals surface area contributed by atoms with Crippen LogP contribution in [-0.2, 0) is 16.0 Å². The zero-order valence-electron chi connectivity index (χ0n) is 10.3. The highest BCUT2D eigenvalue weighted by Gasteiger charge is 2.29. The van der Waals surface area contributed by atoms with Gasteiger partial charge in [0.05, 0.1) is 18.0 Å². The summed E-state index contributed by atoms with van der Waals surface area (Å²) in [5.74, 6) is -0.849. The molecule has 1 rings (SSSR count). The minimum absolute atomic E-state index is 0.0340. The van der Waals surface area contributed by atoms with Gasteiger partial charge in [-0.1, -0.05) is 0 Å². The molecule has 1 aromatic rings. The second kappa shape index (κ2) is 6.51. The molecule has 0 fully saturated rings. The van der Waals surface area contributed by atoms with Crippen molar-refractivity contribution >= 4 is 11.7 Å². The van der Waals surface area contributed by atoms with Crippen LogP contribution in [0, 0.1) is 21.4 Å². The Morgan fingerprint density at radius 1 is 1.65 bits per heavy atom. The summed E-state index contributed by atoms with van der Waals surface area (Å²) in [6, 6.07) is 2.15. The van der Waals surface area contributed by atoms with Crippen molar-refractivity contribution in [3.8, 4) is 6.07 Å². The molecule has 0 N–H and O–H groups in total. The van der Waals surface area contributed by atoms with Crippen LogP contribution in [0.3, 0.4) is 0 Å². The van der Waals surface area contributed by atoms with Crippen LogP contribution < -0.4 is 0 Å². The number of nitriles is 1. The lowest BCUT2D eigenvalue weighted by Gasteiger charge is -2.07. The zero-order chi connectivity index (χ0) is 15.3. The van der Waals surface area contributed by atoms with Gasteiger partial charge in [0.25, 0.3) is 12.1 Å². The number of halogens is 2. The quantitative estimate of drug-likeness (QED) is 0.464. The van der Waals surface area contributed by atoms with E-state index in [0.29, 0.717) is 6.07 Å². The monoisotopic (exact) mass is 285 g/mol. The van der Waals surface area contributed by atoms with Gasteiger partial charge < -0.3 is 4.74 Å². The van der Waals surface area contributed by atoms with E-state index in [-0.39, 0.29) is 6.61 Å². The van der Waals surface area contributed by atoms with E-state index in [1.165, 1.54) is 13.0 Å². The Labute approximate surface area is 111 Å². The van der Waals surface area contributed by atoms with E-state index >= 15 is 0 Å².